The van der Waals surface area contributed by atoms with Crippen molar-refractivity contribution in [3.8, 4) is 11.5 Å². The van der Waals surface area contributed by atoms with Crippen LogP contribution >= 0.6 is 11.3 Å². The fourth-order valence-corrected chi connectivity index (χ4v) is 2.60. The lowest BCUT2D eigenvalue weighted by Gasteiger charge is -2.13. The van der Waals surface area contributed by atoms with Gasteiger partial charge in [0.1, 0.15) is 5.01 Å². The third-order valence-corrected chi connectivity index (χ3v) is 4.01. The summed E-state index contributed by atoms with van der Waals surface area (Å²) in [5, 5.41) is 14.4. The van der Waals surface area contributed by atoms with E-state index in [0.717, 1.165) is 10.6 Å². The second kappa shape index (κ2) is 6.04. The maximum absolute atomic E-state index is 10.00. The summed E-state index contributed by atoms with van der Waals surface area (Å²) in [4.78, 5) is 5.55. The Hall–Kier alpha value is -1.59. The number of hydrogen-bond donors (Lipinski definition) is 2. The summed E-state index contributed by atoms with van der Waals surface area (Å²) < 4.78 is 5.09. The van der Waals surface area contributed by atoms with Gasteiger partial charge in [-0.2, -0.15) is 0 Å². The third-order valence-electron chi connectivity index (χ3n) is 2.91. The van der Waals surface area contributed by atoms with E-state index in [1.165, 1.54) is 4.88 Å². The number of phenols is 1. The van der Waals surface area contributed by atoms with Gasteiger partial charge in [-0.15, -0.1) is 11.3 Å². The molecule has 0 aliphatic heterocycles. The van der Waals surface area contributed by atoms with Gasteiger partial charge in [-0.3, -0.25) is 0 Å². The summed E-state index contributed by atoms with van der Waals surface area (Å²) in [6.45, 7) is 4.68. The topological polar surface area (TPSA) is 54.4 Å². The van der Waals surface area contributed by atoms with Crippen LogP contribution in [-0.2, 0) is 6.54 Å². The molecule has 1 heterocycles. The van der Waals surface area contributed by atoms with E-state index >= 15 is 0 Å². The molecule has 2 aromatic rings. The normalized spacial score (nSPS) is 12.4. The quantitative estimate of drug-likeness (QED) is 0.882. The highest BCUT2D eigenvalue weighted by molar-refractivity contribution is 7.11. The minimum Gasteiger partial charge on any atom is -0.504 e. The van der Waals surface area contributed by atoms with Crippen LogP contribution < -0.4 is 10.1 Å². The first-order valence-corrected chi connectivity index (χ1v) is 6.94. The van der Waals surface area contributed by atoms with Gasteiger partial charge in [-0.05, 0) is 19.9 Å². The minimum absolute atomic E-state index is 0.157. The average Bonchev–Trinajstić information content (AvgIpc) is 2.84. The Balaban J connectivity index is 2.02. The number of nitrogens with zero attached hydrogens (tertiary/aromatic N) is 1. The standard InChI is InChI=1S/C14H18N2O2S/c1-9-7-16-14(19-9)10(2)15-8-11-5-4-6-12(18-3)13(11)17/h4-7,10,15,17H,8H2,1-3H3. The molecule has 0 saturated heterocycles. The number of hydrogen-bond acceptors (Lipinski definition) is 5. The van der Waals surface area contributed by atoms with Gasteiger partial charge in [0.25, 0.3) is 0 Å². The first kappa shape index (κ1) is 13.8. The Bertz CT molecular complexity index is 554. The number of benzene rings is 1. The lowest BCUT2D eigenvalue weighted by Crippen LogP contribution is -2.18. The highest BCUT2D eigenvalue weighted by atomic mass is 32.1. The molecule has 2 rings (SSSR count). The molecule has 0 aliphatic rings. The summed E-state index contributed by atoms with van der Waals surface area (Å²) in [6, 6.07) is 5.65. The highest BCUT2D eigenvalue weighted by Crippen LogP contribution is 2.29. The van der Waals surface area contributed by atoms with Gasteiger partial charge in [0.15, 0.2) is 11.5 Å². The van der Waals surface area contributed by atoms with Crippen molar-refractivity contribution in [1.29, 1.82) is 0 Å². The lowest BCUT2D eigenvalue weighted by molar-refractivity contribution is 0.369. The Morgan fingerprint density at radius 2 is 2.26 bits per heavy atom. The van der Waals surface area contributed by atoms with Crippen molar-refractivity contribution < 1.29 is 9.84 Å². The summed E-state index contributed by atoms with van der Waals surface area (Å²) in [5.74, 6) is 0.692. The summed E-state index contributed by atoms with van der Waals surface area (Å²) in [5.41, 5.74) is 0.819. The van der Waals surface area contributed by atoms with Gasteiger partial charge in [-0.1, -0.05) is 12.1 Å². The SMILES string of the molecule is COc1cccc(CNC(C)c2ncc(C)s2)c1O. The van der Waals surface area contributed by atoms with Crippen LogP contribution in [0.1, 0.15) is 28.4 Å². The number of para-hydroxylation sites is 1. The summed E-state index contributed by atoms with van der Waals surface area (Å²) >= 11 is 1.68. The Labute approximate surface area is 117 Å². The Kier molecular flexibility index (Phi) is 4.39. The summed E-state index contributed by atoms with van der Waals surface area (Å²) in [6.07, 6.45) is 1.88. The number of nitrogens with one attached hydrogen (secondary N) is 1. The predicted molar refractivity (Wildman–Crippen MR) is 76.8 cm³/mol. The molecular formula is C14H18N2O2S. The van der Waals surface area contributed by atoms with Crippen molar-refractivity contribution in [3.05, 3.63) is 39.8 Å². The molecule has 0 radical (unpaired) electrons. The fourth-order valence-electron chi connectivity index (χ4n) is 1.80. The molecule has 102 valence electrons. The first-order chi connectivity index (χ1) is 9.11. The van der Waals surface area contributed by atoms with Crippen molar-refractivity contribution in [3.63, 3.8) is 0 Å². The maximum atomic E-state index is 10.00. The zero-order chi connectivity index (χ0) is 13.8. The van der Waals surface area contributed by atoms with Crippen LogP contribution in [0.4, 0.5) is 0 Å². The number of phenolic OH excluding ortho intramolecular Hbond substituents is 1. The van der Waals surface area contributed by atoms with Gasteiger partial charge < -0.3 is 15.2 Å². The van der Waals surface area contributed by atoms with E-state index in [4.69, 9.17) is 4.74 Å². The second-order valence-electron chi connectivity index (χ2n) is 4.38. The van der Waals surface area contributed by atoms with Crippen LogP contribution in [0.3, 0.4) is 0 Å². The Morgan fingerprint density at radius 1 is 1.47 bits per heavy atom. The van der Waals surface area contributed by atoms with Crippen molar-refractivity contribution in [1.82, 2.24) is 10.3 Å². The van der Waals surface area contributed by atoms with Crippen molar-refractivity contribution >= 4 is 11.3 Å². The molecule has 0 amide bonds. The van der Waals surface area contributed by atoms with E-state index in [-0.39, 0.29) is 11.8 Å². The molecule has 1 aromatic carbocycles. The van der Waals surface area contributed by atoms with Gasteiger partial charge in [-0.25, -0.2) is 4.98 Å². The fraction of sp³-hybridized carbons (Fsp3) is 0.357. The molecule has 19 heavy (non-hydrogen) atoms. The molecule has 0 spiro atoms. The second-order valence-corrected chi connectivity index (χ2v) is 5.65. The zero-order valence-corrected chi connectivity index (χ0v) is 12.1. The van der Waals surface area contributed by atoms with Gasteiger partial charge in [0, 0.05) is 23.2 Å². The zero-order valence-electron chi connectivity index (χ0n) is 11.3. The molecule has 0 bridgehead atoms. The molecular weight excluding hydrogens is 260 g/mol. The molecule has 0 fully saturated rings. The van der Waals surface area contributed by atoms with E-state index in [9.17, 15) is 5.11 Å². The molecule has 4 nitrogen and oxygen atoms in total. The summed E-state index contributed by atoms with van der Waals surface area (Å²) in [7, 11) is 1.55. The molecule has 2 N–H and O–H groups in total. The van der Waals surface area contributed by atoms with Crippen LogP contribution in [0.2, 0.25) is 0 Å². The van der Waals surface area contributed by atoms with Crippen LogP contribution in [0.5, 0.6) is 11.5 Å². The van der Waals surface area contributed by atoms with Crippen LogP contribution in [-0.4, -0.2) is 17.2 Å². The number of methoxy groups -OCH3 is 1. The average molecular weight is 278 g/mol. The minimum atomic E-state index is 0.157. The van der Waals surface area contributed by atoms with E-state index in [1.807, 2.05) is 25.3 Å². The van der Waals surface area contributed by atoms with Gasteiger partial charge in [0.05, 0.1) is 13.2 Å². The van der Waals surface area contributed by atoms with E-state index in [2.05, 4.69) is 17.2 Å². The third kappa shape index (κ3) is 3.24. The van der Waals surface area contributed by atoms with E-state index < -0.39 is 0 Å². The van der Waals surface area contributed by atoms with Crippen molar-refractivity contribution in [2.24, 2.45) is 0 Å². The highest BCUT2D eigenvalue weighted by Gasteiger charge is 2.11. The lowest BCUT2D eigenvalue weighted by atomic mass is 10.1. The van der Waals surface area contributed by atoms with Crippen molar-refractivity contribution in [2.75, 3.05) is 7.11 Å². The monoisotopic (exact) mass is 278 g/mol. The Morgan fingerprint density at radius 3 is 2.89 bits per heavy atom. The maximum Gasteiger partial charge on any atom is 0.162 e. The largest absolute Gasteiger partial charge is 0.504 e. The van der Waals surface area contributed by atoms with E-state index in [1.54, 1.807) is 24.5 Å². The number of aromatic nitrogens is 1. The van der Waals surface area contributed by atoms with Crippen molar-refractivity contribution in [2.45, 2.75) is 26.4 Å². The number of thiazole rings is 1. The van der Waals surface area contributed by atoms with Crippen LogP contribution in [0.15, 0.2) is 24.4 Å². The number of aromatic hydroxyl groups is 1. The first-order valence-electron chi connectivity index (χ1n) is 6.12. The van der Waals surface area contributed by atoms with Crippen LogP contribution in [0.25, 0.3) is 0 Å². The molecule has 1 aromatic heterocycles. The van der Waals surface area contributed by atoms with Gasteiger partial charge >= 0.3 is 0 Å². The molecule has 1 unspecified atom stereocenters. The molecule has 5 heteroatoms. The van der Waals surface area contributed by atoms with E-state index in [0.29, 0.717) is 12.3 Å². The smallest absolute Gasteiger partial charge is 0.162 e. The predicted octanol–water partition coefficient (Wildman–Crippen LogP) is 3.02. The number of rotatable bonds is 5. The van der Waals surface area contributed by atoms with Crippen LogP contribution in [0, 0.1) is 6.92 Å². The number of ether oxygens (including phenoxy) is 1. The molecule has 0 saturated carbocycles. The molecule has 1 atom stereocenters. The van der Waals surface area contributed by atoms with Gasteiger partial charge in [0.2, 0.25) is 0 Å². The molecule has 0 aliphatic carbocycles. The number of aryl methyl sites for hydroxylation is 1.